The fourth-order valence-electron chi connectivity index (χ4n) is 3.04. The van der Waals surface area contributed by atoms with Crippen molar-refractivity contribution in [2.75, 3.05) is 13.1 Å². The number of nitrogens with zero attached hydrogens (tertiary/aromatic N) is 1. The molecule has 0 saturated heterocycles. The summed E-state index contributed by atoms with van der Waals surface area (Å²) in [5, 5.41) is 0. The Hall–Kier alpha value is -0.0800. The second kappa shape index (κ2) is 3.99. The van der Waals surface area contributed by atoms with Gasteiger partial charge in [0.1, 0.15) is 0 Å². The smallest absolute Gasteiger partial charge is 0.0309 e. The lowest BCUT2D eigenvalue weighted by atomic mass is 9.91. The normalized spacial score (nSPS) is 29.4. The van der Waals surface area contributed by atoms with Crippen molar-refractivity contribution in [3.63, 3.8) is 0 Å². The standard InChI is InChI=1S/C14H26N2/c1-14(10-15,8-11-2-3-11)16(13-6-7-13)9-12-4-5-12/h11-13H,2-10,15H2,1H3. The first-order chi connectivity index (χ1) is 7.71. The van der Waals surface area contributed by atoms with Crippen molar-refractivity contribution in [2.45, 2.75) is 63.5 Å². The van der Waals surface area contributed by atoms with Crippen LogP contribution in [0.4, 0.5) is 0 Å². The monoisotopic (exact) mass is 222 g/mol. The molecule has 1 atom stereocenters. The summed E-state index contributed by atoms with van der Waals surface area (Å²) in [6.07, 6.45) is 10.0. The second-order valence-corrected chi connectivity index (χ2v) is 6.68. The second-order valence-electron chi connectivity index (χ2n) is 6.68. The van der Waals surface area contributed by atoms with Gasteiger partial charge in [-0.25, -0.2) is 0 Å². The van der Waals surface area contributed by atoms with Crippen LogP contribution in [0.5, 0.6) is 0 Å². The van der Waals surface area contributed by atoms with E-state index < -0.39 is 0 Å². The van der Waals surface area contributed by atoms with Crippen LogP contribution >= 0.6 is 0 Å². The predicted octanol–water partition coefficient (Wildman–Crippen LogP) is 2.38. The molecule has 0 amide bonds. The van der Waals surface area contributed by atoms with E-state index in [0.29, 0.717) is 5.54 Å². The number of hydrogen-bond acceptors (Lipinski definition) is 2. The van der Waals surface area contributed by atoms with Crippen LogP contribution in [-0.2, 0) is 0 Å². The Morgan fingerprint density at radius 2 is 1.69 bits per heavy atom. The SMILES string of the molecule is CC(CN)(CC1CC1)N(CC1CC1)C1CC1. The van der Waals surface area contributed by atoms with Gasteiger partial charge in [0.15, 0.2) is 0 Å². The molecule has 0 heterocycles. The summed E-state index contributed by atoms with van der Waals surface area (Å²) >= 11 is 0. The van der Waals surface area contributed by atoms with Gasteiger partial charge >= 0.3 is 0 Å². The summed E-state index contributed by atoms with van der Waals surface area (Å²) in [6.45, 7) is 4.61. The minimum Gasteiger partial charge on any atom is -0.329 e. The predicted molar refractivity (Wildman–Crippen MR) is 67.3 cm³/mol. The van der Waals surface area contributed by atoms with Crippen molar-refractivity contribution in [3.8, 4) is 0 Å². The zero-order valence-corrected chi connectivity index (χ0v) is 10.6. The molecule has 16 heavy (non-hydrogen) atoms. The van der Waals surface area contributed by atoms with Crippen molar-refractivity contribution in [2.24, 2.45) is 17.6 Å². The molecule has 92 valence electrons. The third-order valence-corrected chi connectivity index (χ3v) is 4.70. The van der Waals surface area contributed by atoms with E-state index in [1.54, 1.807) is 0 Å². The molecule has 2 nitrogen and oxygen atoms in total. The van der Waals surface area contributed by atoms with Crippen LogP contribution in [0, 0.1) is 11.8 Å². The van der Waals surface area contributed by atoms with E-state index in [1.807, 2.05) is 0 Å². The Labute approximate surface area is 99.6 Å². The van der Waals surface area contributed by atoms with E-state index in [0.717, 1.165) is 24.4 Å². The number of nitrogens with two attached hydrogens (primary N) is 1. The zero-order valence-electron chi connectivity index (χ0n) is 10.6. The highest BCUT2D eigenvalue weighted by molar-refractivity contribution is 5.00. The zero-order chi connectivity index (χ0) is 11.2. The first kappa shape index (κ1) is 11.0. The molecule has 3 rings (SSSR count). The molecule has 0 bridgehead atoms. The van der Waals surface area contributed by atoms with Crippen molar-refractivity contribution in [1.29, 1.82) is 0 Å². The number of hydrogen-bond donors (Lipinski definition) is 1. The van der Waals surface area contributed by atoms with Crippen molar-refractivity contribution in [3.05, 3.63) is 0 Å². The summed E-state index contributed by atoms with van der Waals surface area (Å²) in [7, 11) is 0. The molecular formula is C14H26N2. The first-order valence-electron chi connectivity index (χ1n) is 7.18. The molecule has 0 radical (unpaired) electrons. The Kier molecular flexibility index (Phi) is 2.75. The molecule has 3 saturated carbocycles. The molecule has 3 aliphatic carbocycles. The molecule has 0 aliphatic heterocycles. The van der Waals surface area contributed by atoms with Gasteiger partial charge in [-0.3, -0.25) is 4.90 Å². The summed E-state index contributed by atoms with van der Waals surface area (Å²) in [4.78, 5) is 2.79. The fourth-order valence-corrected chi connectivity index (χ4v) is 3.04. The van der Waals surface area contributed by atoms with Crippen LogP contribution in [0.1, 0.15) is 51.9 Å². The van der Waals surface area contributed by atoms with Gasteiger partial charge in [-0.05, 0) is 50.9 Å². The van der Waals surface area contributed by atoms with Crippen LogP contribution < -0.4 is 5.73 Å². The molecule has 0 spiro atoms. The molecule has 3 aliphatic rings. The molecule has 0 aromatic rings. The van der Waals surface area contributed by atoms with Crippen LogP contribution in [0.2, 0.25) is 0 Å². The highest BCUT2D eigenvalue weighted by atomic mass is 15.3. The minimum atomic E-state index is 0.310. The summed E-state index contributed by atoms with van der Waals surface area (Å²) in [6, 6.07) is 0.882. The van der Waals surface area contributed by atoms with E-state index in [-0.39, 0.29) is 0 Å². The van der Waals surface area contributed by atoms with Crippen molar-refractivity contribution >= 4 is 0 Å². The third-order valence-electron chi connectivity index (χ3n) is 4.70. The van der Waals surface area contributed by atoms with E-state index >= 15 is 0 Å². The van der Waals surface area contributed by atoms with Crippen molar-refractivity contribution in [1.82, 2.24) is 4.90 Å². The maximum absolute atomic E-state index is 6.10. The Morgan fingerprint density at radius 3 is 2.12 bits per heavy atom. The van der Waals surface area contributed by atoms with E-state index in [4.69, 9.17) is 5.73 Å². The molecule has 2 N–H and O–H groups in total. The molecule has 1 unspecified atom stereocenters. The van der Waals surface area contributed by atoms with Gasteiger partial charge in [-0.15, -0.1) is 0 Å². The maximum Gasteiger partial charge on any atom is 0.0309 e. The highest BCUT2D eigenvalue weighted by Gasteiger charge is 2.44. The first-order valence-corrected chi connectivity index (χ1v) is 7.18. The minimum absolute atomic E-state index is 0.310. The average Bonchev–Trinajstić information content (AvgIpc) is 3.12. The van der Waals surface area contributed by atoms with Crippen LogP contribution in [0.25, 0.3) is 0 Å². The van der Waals surface area contributed by atoms with Gasteiger partial charge in [-0.1, -0.05) is 12.8 Å². The van der Waals surface area contributed by atoms with Gasteiger partial charge in [0, 0.05) is 24.7 Å². The van der Waals surface area contributed by atoms with Crippen molar-refractivity contribution < 1.29 is 0 Å². The van der Waals surface area contributed by atoms with Gasteiger partial charge in [0.2, 0.25) is 0 Å². The van der Waals surface area contributed by atoms with E-state index in [1.165, 1.54) is 51.5 Å². The third kappa shape index (κ3) is 2.43. The van der Waals surface area contributed by atoms with Crippen LogP contribution in [0.15, 0.2) is 0 Å². The molecule has 0 aromatic heterocycles. The lowest BCUT2D eigenvalue weighted by Gasteiger charge is -2.41. The lowest BCUT2D eigenvalue weighted by molar-refractivity contribution is 0.0812. The van der Waals surface area contributed by atoms with Crippen LogP contribution in [-0.4, -0.2) is 29.6 Å². The van der Waals surface area contributed by atoms with E-state index in [9.17, 15) is 0 Å². The average molecular weight is 222 g/mol. The fraction of sp³-hybridized carbons (Fsp3) is 1.00. The van der Waals surface area contributed by atoms with Gasteiger partial charge in [0.25, 0.3) is 0 Å². The van der Waals surface area contributed by atoms with E-state index in [2.05, 4.69) is 11.8 Å². The molecule has 3 fully saturated rings. The van der Waals surface area contributed by atoms with Crippen LogP contribution in [0.3, 0.4) is 0 Å². The topological polar surface area (TPSA) is 29.3 Å². The quantitative estimate of drug-likeness (QED) is 0.716. The largest absolute Gasteiger partial charge is 0.329 e. The summed E-state index contributed by atoms with van der Waals surface area (Å²) in [5.74, 6) is 2.00. The summed E-state index contributed by atoms with van der Waals surface area (Å²) in [5.41, 5.74) is 6.41. The molecular weight excluding hydrogens is 196 g/mol. The number of rotatable bonds is 7. The Morgan fingerprint density at radius 1 is 1.06 bits per heavy atom. The maximum atomic E-state index is 6.10. The van der Waals surface area contributed by atoms with Gasteiger partial charge in [0.05, 0.1) is 0 Å². The van der Waals surface area contributed by atoms with Gasteiger partial charge in [-0.2, -0.15) is 0 Å². The summed E-state index contributed by atoms with van der Waals surface area (Å²) < 4.78 is 0. The highest BCUT2D eigenvalue weighted by Crippen LogP contribution is 2.44. The lowest BCUT2D eigenvalue weighted by Crippen LogP contribution is -2.53. The van der Waals surface area contributed by atoms with Gasteiger partial charge < -0.3 is 5.73 Å². The Bertz CT molecular complexity index is 253. The molecule has 2 heteroatoms. The Balaban J connectivity index is 1.66. The molecule has 0 aromatic carbocycles.